The van der Waals surface area contributed by atoms with Crippen molar-refractivity contribution in [3.63, 3.8) is 0 Å². The SMILES string of the molecule is CCC(C)NC1=C(I)C(=O)CC(C)(C)C1. The van der Waals surface area contributed by atoms with E-state index in [9.17, 15) is 4.79 Å². The lowest BCUT2D eigenvalue weighted by Crippen LogP contribution is -2.33. The number of hydrogen-bond acceptors (Lipinski definition) is 2. The smallest absolute Gasteiger partial charge is 0.171 e. The molecule has 1 aliphatic rings. The van der Waals surface area contributed by atoms with Crippen LogP contribution in [0.15, 0.2) is 9.28 Å². The third-order valence-electron chi connectivity index (χ3n) is 2.84. The van der Waals surface area contributed by atoms with E-state index >= 15 is 0 Å². The Morgan fingerprint density at radius 1 is 1.47 bits per heavy atom. The summed E-state index contributed by atoms with van der Waals surface area (Å²) in [6, 6.07) is 0.450. The summed E-state index contributed by atoms with van der Waals surface area (Å²) in [5, 5.41) is 3.46. The molecule has 0 bridgehead atoms. The quantitative estimate of drug-likeness (QED) is 0.807. The normalized spacial score (nSPS) is 22.9. The first kappa shape index (κ1) is 13.0. The number of nitrogens with one attached hydrogen (secondary N) is 1. The first-order valence-electron chi connectivity index (χ1n) is 5.54. The summed E-state index contributed by atoms with van der Waals surface area (Å²) in [6.07, 6.45) is 2.75. The van der Waals surface area contributed by atoms with Crippen LogP contribution >= 0.6 is 22.6 Å². The highest BCUT2D eigenvalue weighted by atomic mass is 127. The van der Waals surface area contributed by atoms with Gasteiger partial charge in [0.25, 0.3) is 0 Å². The standard InChI is InChI=1S/C12H20INO/c1-5-8(2)14-9-6-12(3,4)7-10(15)11(9)13/h8,14H,5-7H2,1-4H3. The fraction of sp³-hybridized carbons (Fsp3) is 0.750. The molecule has 3 heteroatoms. The average molecular weight is 321 g/mol. The minimum atomic E-state index is 0.113. The molecular weight excluding hydrogens is 301 g/mol. The Bertz CT molecular complexity index is 294. The molecule has 2 nitrogen and oxygen atoms in total. The second-order valence-corrected chi connectivity index (χ2v) is 6.27. The summed E-state index contributed by atoms with van der Waals surface area (Å²) in [5.41, 5.74) is 1.26. The number of rotatable bonds is 3. The summed E-state index contributed by atoms with van der Waals surface area (Å²) < 4.78 is 0.909. The number of carbonyl (C=O) groups is 1. The van der Waals surface area contributed by atoms with Crippen molar-refractivity contribution >= 4 is 28.4 Å². The van der Waals surface area contributed by atoms with E-state index in [-0.39, 0.29) is 11.2 Å². The Morgan fingerprint density at radius 3 is 2.60 bits per heavy atom. The molecule has 0 saturated carbocycles. The first-order chi connectivity index (χ1) is 6.85. The van der Waals surface area contributed by atoms with Gasteiger partial charge in [-0.25, -0.2) is 0 Å². The van der Waals surface area contributed by atoms with E-state index in [2.05, 4.69) is 55.6 Å². The lowest BCUT2D eigenvalue weighted by atomic mass is 9.79. The molecule has 0 fully saturated rings. The zero-order valence-corrected chi connectivity index (χ0v) is 12.1. The summed E-state index contributed by atoms with van der Waals surface area (Å²) in [7, 11) is 0. The minimum absolute atomic E-state index is 0.113. The molecule has 0 amide bonds. The van der Waals surface area contributed by atoms with Crippen LogP contribution in [-0.2, 0) is 4.79 Å². The molecule has 0 aromatic heterocycles. The van der Waals surface area contributed by atoms with E-state index in [0.29, 0.717) is 12.5 Å². The molecule has 0 aliphatic heterocycles. The largest absolute Gasteiger partial charge is 0.385 e. The van der Waals surface area contributed by atoms with Crippen LogP contribution in [0, 0.1) is 5.41 Å². The fourth-order valence-electron chi connectivity index (χ4n) is 1.81. The molecule has 1 N–H and O–H groups in total. The highest BCUT2D eigenvalue weighted by Gasteiger charge is 2.32. The minimum Gasteiger partial charge on any atom is -0.385 e. The zero-order chi connectivity index (χ0) is 11.6. The maximum Gasteiger partial charge on any atom is 0.171 e. The van der Waals surface area contributed by atoms with Crippen LogP contribution in [0.1, 0.15) is 47.0 Å². The van der Waals surface area contributed by atoms with Crippen molar-refractivity contribution in [2.45, 2.75) is 53.0 Å². The average Bonchev–Trinajstić information content (AvgIpc) is 2.12. The lowest BCUT2D eigenvalue weighted by Gasteiger charge is -2.32. The topological polar surface area (TPSA) is 29.1 Å². The lowest BCUT2D eigenvalue weighted by molar-refractivity contribution is -0.117. The van der Waals surface area contributed by atoms with Crippen LogP contribution in [0.2, 0.25) is 0 Å². The number of Topliss-reactive ketones (excluding diaryl/α,β-unsaturated/α-hetero) is 1. The summed E-state index contributed by atoms with van der Waals surface area (Å²) in [6.45, 7) is 8.63. The predicted octanol–water partition coefficient (Wildman–Crippen LogP) is 3.41. The van der Waals surface area contributed by atoms with E-state index in [1.807, 2.05) is 0 Å². The fourth-order valence-corrected chi connectivity index (χ4v) is 2.35. The van der Waals surface area contributed by atoms with Gasteiger partial charge in [0.05, 0.1) is 3.58 Å². The third kappa shape index (κ3) is 3.47. The monoisotopic (exact) mass is 321 g/mol. The maximum absolute atomic E-state index is 11.8. The highest BCUT2D eigenvalue weighted by Crippen LogP contribution is 2.37. The molecule has 0 radical (unpaired) electrons. The van der Waals surface area contributed by atoms with E-state index in [1.54, 1.807) is 0 Å². The van der Waals surface area contributed by atoms with E-state index < -0.39 is 0 Å². The van der Waals surface area contributed by atoms with E-state index in [0.717, 1.165) is 22.1 Å². The maximum atomic E-state index is 11.8. The number of hydrogen-bond donors (Lipinski definition) is 1. The Labute approximate surface area is 106 Å². The van der Waals surface area contributed by atoms with Gasteiger partial charge in [-0.05, 0) is 47.8 Å². The van der Waals surface area contributed by atoms with Gasteiger partial charge in [0, 0.05) is 18.2 Å². The highest BCUT2D eigenvalue weighted by molar-refractivity contribution is 14.1. The Morgan fingerprint density at radius 2 is 2.07 bits per heavy atom. The molecule has 0 saturated heterocycles. The van der Waals surface area contributed by atoms with Crippen molar-refractivity contribution < 1.29 is 4.79 Å². The molecule has 0 heterocycles. The number of carbonyl (C=O) groups excluding carboxylic acids is 1. The molecule has 86 valence electrons. The van der Waals surface area contributed by atoms with Gasteiger partial charge in [-0.1, -0.05) is 20.8 Å². The molecule has 1 rings (SSSR count). The van der Waals surface area contributed by atoms with Crippen LogP contribution < -0.4 is 5.32 Å². The van der Waals surface area contributed by atoms with Gasteiger partial charge in [-0.3, -0.25) is 4.79 Å². The first-order valence-corrected chi connectivity index (χ1v) is 6.62. The molecule has 0 aromatic carbocycles. The van der Waals surface area contributed by atoms with Crippen molar-refractivity contribution in [2.75, 3.05) is 0 Å². The van der Waals surface area contributed by atoms with Crippen LogP contribution in [0.3, 0.4) is 0 Å². The van der Waals surface area contributed by atoms with Gasteiger partial charge in [-0.2, -0.15) is 0 Å². The Balaban J connectivity index is 2.84. The molecule has 0 aromatic rings. The van der Waals surface area contributed by atoms with Crippen LogP contribution in [0.4, 0.5) is 0 Å². The van der Waals surface area contributed by atoms with E-state index in [1.165, 1.54) is 0 Å². The van der Waals surface area contributed by atoms with Crippen molar-refractivity contribution in [1.82, 2.24) is 5.32 Å². The Hall–Kier alpha value is -0.0600. The van der Waals surface area contributed by atoms with Gasteiger partial charge >= 0.3 is 0 Å². The molecule has 15 heavy (non-hydrogen) atoms. The number of ketones is 1. The molecule has 1 unspecified atom stereocenters. The van der Waals surface area contributed by atoms with Crippen molar-refractivity contribution in [3.8, 4) is 0 Å². The molecule has 1 atom stereocenters. The zero-order valence-electron chi connectivity index (χ0n) is 9.98. The van der Waals surface area contributed by atoms with Gasteiger partial charge < -0.3 is 5.32 Å². The number of allylic oxidation sites excluding steroid dienone is 2. The summed E-state index contributed by atoms with van der Waals surface area (Å²) in [5.74, 6) is 0.289. The summed E-state index contributed by atoms with van der Waals surface area (Å²) in [4.78, 5) is 11.8. The van der Waals surface area contributed by atoms with Crippen molar-refractivity contribution in [2.24, 2.45) is 5.41 Å². The van der Waals surface area contributed by atoms with Gasteiger partial charge in [0.2, 0.25) is 0 Å². The van der Waals surface area contributed by atoms with E-state index in [4.69, 9.17) is 0 Å². The van der Waals surface area contributed by atoms with Crippen LogP contribution in [0.25, 0.3) is 0 Å². The van der Waals surface area contributed by atoms with Gasteiger partial charge in [0.1, 0.15) is 0 Å². The number of halogens is 1. The predicted molar refractivity (Wildman–Crippen MR) is 72.0 cm³/mol. The third-order valence-corrected chi connectivity index (χ3v) is 4.09. The van der Waals surface area contributed by atoms with Gasteiger partial charge in [-0.15, -0.1) is 0 Å². The van der Waals surface area contributed by atoms with Gasteiger partial charge in [0.15, 0.2) is 5.78 Å². The van der Waals surface area contributed by atoms with Crippen LogP contribution in [0.5, 0.6) is 0 Å². The van der Waals surface area contributed by atoms with Crippen molar-refractivity contribution in [3.05, 3.63) is 9.28 Å². The molecular formula is C12H20INO. The Kier molecular flexibility index (Phi) is 4.20. The summed E-state index contributed by atoms with van der Waals surface area (Å²) >= 11 is 2.18. The van der Waals surface area contributed by atoms with Crippen LogP contribution in [-0.4, -0.2) is 11.8 Å². The second kappa shape index (κ2) is 4.85. The molecule has 1 aliphatic carbocycles. The molecule has 0 spiro atoms. The van der Waals surface area contributed by atoms with Crippen molar-refractivity contribution in [1.29, 1.82) is 0 Å². The second-order valence-electron chi connectivity index (χ2n) is 5.19.